The van der Waals surface area contributed by atoms with E-state index in [4.69, 9.17) is 4.74 Å². The number of anilines is 1. The van der Waals surface area contributed by atoms with Gasteiger partial charge in [0, 0.05) is 19.2 Å². The van der Waals surface area contributed by atoms with Crippen molar-refractivity contribution in [3.63, 3.8) is 0 Å². The average Bonchev–Trinajstić information content (AvgIpc) is 2.80. The van der Waals surface area contributed by atoms with E-state index in [1.165, 1.54) is 0 Å². The molecule has 0 heterocycles. The summed E-state index contributed by atoms with van der Waals surface area (Å²) in [4.78, 5) is 27.6. The summed E-state index contributed by atoms with van der Waals surface area (Å²) in [6.07, 6.45) is 0.957. The highest BCUT2D eigenvalue weighted by Crippen LogP contribution is 2.27. The average molecular weight is 509 g/mol. The molecule has 0 radical (unpaired) electrons. The monoisotopic (exact) mass is 508 g/mol. The van der Waals surface area contributed by atoms with E-state index in [-0.39, 0.29) is 11.8 Å². The van der Waals surface area contributed by atoms with Crippen LogP contribution in [0.25, 0.3) is 0 Å². The second-order valence-electron chi connectivity index (χ2n) is 8.32. The zero-order valence-corrected chi connectivity index (χ0v) is 20.8. The number of rotatable bonds is 9. The SMILES string of the molecule is CC(C)CCOc1ccc(C(=O)Nc2ccccc2C(=O)N(C)Cc2ccccc2)cc1Br. The minimum Gasteiger partial charge on any atom is -0.492 e. The van der Waals surface area contributed by atoms with Crippen molar-refractivity contribution in [2.45, 2.75) is 26.8 Å². The second-order valence-corrected chi connectivity index (χ2v) is 9.18. The van der Waals surface area contributed by atoms with Crippen molar-refractivity contribution < 1.29 is 14.3 Å². The molecule has 0 saturated carbocycles. The lowest BCUT2D eigenvalue weighted by molar-refractivity contribution is 0.0786. The van der Waals surface area contributed by atoms with Gasteiger partial charge in [0.1, 0.15) is 5.75 Å². The predicted molar refractivity (Wildman–Crippen MR) is 136 cm³/mol. The molecule has 0 bridgehead atoms. The van der Waals surface area contributed by atoms with Crippen LogP contribution in [0.2, 0.25) is 0 Å². The first-order valence-corrected chi connectivity index (χ1v) is 11.8. The molecule has 5 nitrogen and oxygen atoms in total. The van der Waals surface area contributed by atoms with E-state index >= 15 is 0 Å². The number of halogens is 1. The maximum absolute atomic E-state index is 13.1. The number of para-hydroxylation sites is 1. The Bertz CT molecular complexity index is 1100. The minimum atomic E-state index is -0.296. The number of ether oxygens (including phenoxy) is 1. The number of benzene rings is 3. The fourth-order valence-corrected chi connectivity index (χ4v) is 3.76. The van der Waals surface area contributed by atoms with Gasteiger partial charge in [-0.1, -0.05) is 56.3 Å². The number of amides is 2. The third kappa shape index (κ3) is 6.93. The maximum atomic E-state index is 13.1. The van der Waals surface area contributed by atoms with Gasteiger partial charge in [0.05, 0.1) is 22.3 Å². The molecule has 0 aliphatic rings. The van der Waals surface area contributed by atoms with E-state index in [1.807, 2.05) is 30.3 Å². The van der Waals surface area contributed by atoms with Gasteiger partial charge < -0.3 is 15.0 Å². The summed E-state index contributed by atoms with van der Waals surface area (Å²) in [5.74, 6) is 0.800. The van der Waals surface area contributed by atoms with Gasteiger partial charge in [0.25, 0.3) is 11.8 Å². The van der Waals surface area contributed by atoms with Crippen molar-refractivity contribution in [3.05, 3.63) is 94.0 Å². The summed E-state index contributed by atoms with van der Waals surface area (Å²) in [7, 11) is 1.75. The summed E-state index contributed by atoms with van der Waals surface area (Å²) in [5.41, 5.74) is 2.42. The highest BCUT2D eigenvalue weighted by atomic mass is 79.9. The van der Waals surface area contributed by atoms with Crippen molar-refractivity contribution in [2.75, 3.05) is 19.0 Å². The Labute approximate surface area is 203 Å². The molecule has 3 aromatic rings. The lowest BCUT2D eigenvalue weighted by Gasteiger charge is -2.19. The highest BCUT2D eigenvalue weighted by Gasteiger charge is 2.18. The molecule has 0 atom stereocenters. The van der Waals surface area contributed by atoms with Crippen LogP contribution >= 0.6 is 15.9 Å². The van der Waals surface area contributed by atoms with Crippen molar-refractivity contribution in [1.82, 2.24) is 4.90 Å². The highest BCUT2D eigenvalue weighted by molar-refractivity contribution is 9.10. The summed E-state index contributed by atoms with van der Waals surface area (Å²) in [6.45, 7) is 5.39. The number of hydrogen-bond acceptors (Lipinski definition) is 3. The molecule has 172 valence electrons. The van der Waals surface area contributed by atoms with Crippen LogP contribution in [-0.2, 0) is 6.54 Å². The Hall–Kier alpha value is -3.12. The van der Waals surface area contributed by atoms with Crippen LogP contribution < -0.4 is 10.1 Å². The van der Waals surface area contributed by atoms with Gasteiger partial charge in [-0.2, -0.15) is 0 Å². The molecule has 3 rings (SSSR count). The van der Waals surface area contributed by atoms with Gasteiger partial charge in [-0.05, 0) is 64.2 Å². The summed E-state index contributed by atoms with van der Waals surface area (Å²) in [6, 6.07) is 22.1. The molecule has 0 aliphatic carbocycles. The van der Waals surface area contributed by atoms with Gasteiger partial charge in [-0.25, -0.2) is 0 Å². The molecular formula is C27H29BrN2O3. The number of hydrogen-bond donors (Lipinski definition) is 1. The molecule has 0 aromatic heterocycles. The first-order chi connectivity index (χ1) is 15.8. The third-order valence-electron chi connectivity index (χ3n) is 5.16. The number of carbonyl (C=O) groups is 2. The zero-order chi connectivity index (χ0) is 23.8. The summed E-state index contributed by atoms with van der Waals surface area (Å²) >= 11 is 3.49. The van der Waals surface area contributed by atoms with Crippen LogP contribution in [0.3, 0.4) is 0 Å². The molecule has 1 N–H and O–H groups in total. The van der Waals surface area contributed by atoms with Gasteiger partial charge in [-0.15, -0.1) is 0 Å². The van der Waals surface area contributed by atoms with Crippen LogP contribution in [0.4, 0.5) is 5.69 Å². The predicted octanol–water partition coefficient (Wildman–Crippen LogP) is 6.40. The van der Waals surface area contributed by atoms with E-state index in [1.54, 1.807) is 54.4 Å². The minimum absolute atomic E-state index is 0.162. The summed E-state index contributed by atoms with van der Waals surface area (Å²) in [5, 5.41) is 2.88. The molecule has 0 fully saturated rings. The second kappa shape index (κ2) is 11.7. The van der Waals surface area contributed by atoms with Crippen LogP contribution in [0.1, 0.15) is 46.5 Å². The maximum Gasteiger partial charge on any atom is 0.256 e. The van der Waals surface area contributed by atoms with Crippen LogP contribution in [0, 0.1) is 5.92 Å². The molecule has 6 heteroatoms. The third-order valence-corrected chi connectivity index (χ3v) is 5.78. The first-order valence-electron chi connectivity index (χ1n) is 11.0. The Morgan fingerprint density at radius 3 is 2.39 bits per heavy atom. The lowest BCUT2D eigenvalue weighted by atomic mass is 10.1. The van der Waals surface area contributed by atoms with Crippen molar-refractivity contribution in [2.24, 2.45) is 5.92 Å². The topological polar surface area (TPSA) is 58.6 Å². The van der Waals surface area contributed by atoms with E-state index in [0.717, 1.165) is 12.0 Å². The smallest absolute Gasteiger partial charge is 0.256 e. The zero-order valence-electron chi connectivity index (χ0n) is 19.2. The van der Waals surface area contributed by atoms with E-state index < -0.39 is 0 Å². The van der Waals surface area contributed by atoms with Gasteiger partial charge in [-0.3, -0.25) is 9.59 Å². The molecule has 0 spiro atoms. The van der Waals surface area contributed by atoms with E-state index in [2.05, 4.69) is 35.1 Å². The Morgan fingerprint density at radius 2 is 1.70 bits per heavy atom. The molecule has 0 saturated heterocycles. The normalized spacial score (nSPS) is 10.7. The fourth-order valence-electron chi connectivity index (χ4n) is 3.27. The molecule has 33 heavy (non-hydrogen) atoms. The van der Waals surface area contributed by atoms with Gasteiger partial charge in [0.15, 0.2) is 0 Å². The number of nitrogens with one attached hydrogen (secondary N) is 1. The fraction of sp³-hybridized carbons (Fsp3) is 0.259. The quantitative estimate of drug-likeness (QED) is 0.363. The van der Waals surface area contributed by atoms with E-state index in [9.17, 15) is 9.59 Å². The van der Waals surface area contributed by atoms with Crippen LogP contribution in [0.5, 0.6) is 5.75 Å². The van der Waals surface area contributed by atoms with E-state index in [0.29, 0.717) is 46.1 Å². The van der Waals surface area contributed by atoms with Crippen molar-refractivity contribution in [3.8, 4) is 5.75 Å². The lowest BCUT2D eigenvalue weighted by Crippen LogP contribution is -2.27. The molecule has 0 unspecified atom stereocenters. The standard InChI is InChI=1S/C27H29BrN2O3/c1-19(2)15-16-33-25-14-13-21(17-23(25)28)26(31)29-24-12-8-7-11-22(24)27(32)30(3)18-20-9-5-4-6-10-20/h4-14,17,19H,15-16,18H2,1-3H3,(H,29,31). The van der Waals surface area contributed by atoms with Crippen LogP contribution in [0.15, 0.2) is 77.3 Å². The Kier molecular flexibility index (Phi) is 8.66. The summed E-state index contributed by atoms with van der Waals surface area (Å²) < 4.78 is 6.51. The molecule has 3 aromatic carbocycles. The van der Waals surface area contributed by atoms with Gasteiger partial charge in [0.2, 0.25) is 0 Å². The molecular weight excluding hydrogens is 480 g/mol. The number of nitrogens with zero attached hydrogens (tertiary/aromatic N) is 1. The molecule has 2 amide bonds. The Balaban J connectivity index is 1.70. The van der Waals surface area contributed by atoms with Crippen molar-refractivity contribution in [1.29, 1.82) is 0 Å². The molecule has 0 aliphatic heterocycles. The Morgan fingerprint density at radius 1 is 1.00 bits per heavy atom. The number of carbonyl (C=O) groups excluding carboxylic acids is 2. The van der Waals surface area contributed by atoms with Gasteiger partial charge >= 0.3 is 0 Å². The largest absolute Gasteiger partial charge is 0.492 e. The van der Waals surface area contributed by atoms with Crippen molar-refractivity contribution >= 4 is 33.4 Å². The van der Waals surface area contributed by atoms with Crippen LogP contribution in [-0.4, -0.2) is 30.4 Å². The first kappa shape index (κ1) is 24.5.